The highest BCUT2D eigenvalue weighted by molar-refractivity contribution is 9.10. The smallest absolute Gasteiger partial charge is 0.123 e. The van der Waals surface area contributed by atoms with Crippen molar-refractivity contribution in [3.05, 3.63) is 27.7 Å². The lowest BCUT2D eigenvalue weighted by Gasteiger charge is -2.35. The van der Waals surface area contributed by atoms with E-state index in [0.717, 1.165) is 48.3 Å². The van der Waals surface area contributed by atoms with Gasteiger partial charge in [0.05, 0.1) is 13.2 Å². The Morgan fingerprint density at radius 1 is 1.50 bits per heavy atom. The zero-order valence-corrected chi connectivity index (χ0v) is 12.5. The van der Waals surface area contributed by atoms with E-state index < -0.39 is 0 Å². The topological polar surface area (TPSA) is 32.7 Å². The van der Waals surface area contributed by atoms with Crippen LogP contribution in [-0.4, -0.2) is 35.8 Å². The summed E-state index contributed by atoms with van der Waals surface area (Å²) in [5.74, 6) is 0.416. The van der Waals surface area contributed by atoms with Crippen LogP contribution in [0, 0.1) is 6.92 Å². The summed E-state index contributed by atoms with van der Waals surface area (Å²) in [6, 6.07) is 4.40. The van der Waals surface area contributed by atoms with Crippen molar-refractivity contribution in [1.29, 1.82) is 0 Å². The second-order valence-electron chi connectivity index (χ2n) is 4.84. The molecule has 1 saturated heterocycles. The number of hydrogen-bond acceptors (Lipinski definition) is 3. The molecule has 0 amide bonds. The number of benzene rings is 1. The molecule has 1 N–H and O–H groups in total. The van der Waals surface area contributed by atoms with Crippen molar-refractivity contribution >= 4 is 15.9 Å². The van der Waals surface area contributed by atoms with Crippen LogP contribution in [0.4, 0.5) is 0 Å². The summed E-state index contributed by atoms with van der Waals surface area (Å²) in [7, 11) is 0. The molecule has 18 heavy (non-hydrogen) atoms. The lowest BCUT2D eigenvalue weighted by Crippen LogP contribution is -2.44. The first kappa shape index (κ1) is 13.8. The Morgan fingerprint density at radius 3 is 3.00 bits per heavy atom. The van der Waals surface area contributed by atoms with E-state index in [1.807, 2.05) is 19.1 Å². The number of hydrogen-bond donors (Lipinski definition) is 1. The van der Waals surface area contributed by atoms with E-state index in [2.05, 4.69) is 27.8 Å². The molecule has 3 nitrogen and oxygen atoms in total. The largest absolute Gasteiger partial charge is 0.507 e. The Morgan fingerprint density at radius 2 is 2.28 bits per heavy atom. The van der Waals surface area contributed by atoms with E-state index in [-0.39, 0.29) is 0 Å². The summed E-state index contributed by atoms with van der Waals surface area (Å²) in [6.07, 6.45) is 1.08. The lowest BCUT2D eigenvalue weighted by atomic mass is 10.1. The fraction of sp³-hybridized carbons (Fsp3) is 0.571. The van der Waals surface area contributed by atoms with Gasteiger partial charge in [-0.05, 0) is 31.0 Å². The van der Waals surface area contributed by atoms with Gasteiger partial charge in [0.1, 0.15) is 5.75 Å². The molecule has 4 heteroatoms. The lowest BCUT2D eigenvalue weighted by molar-refractivity contribution is -0.0130. The molecule has 0 aromatic heterocycles. The van der Waals surface area contributed by atoms with Gasteiger partial charge in [-0.3, -0.25) is 4.90 Å². The Hall–Kier alpha value is -0.580. The van der Waals surface area contributed by atoms with Gasteiger partial charge >= 0.3 is 0 Å². The van der Waals surface area contributed by atoms with Gasteiger partial charge in [0.25, 0.3) is 0 Å². The Bertz CT molecular complexity index is 423. The summed E-state index contributed by atoms with van der Waals surface area (Å²) < 4.78 is 6.53. The molecule has 1 aliphatic heterocycles. The van der Waals surface area contributed by atoms with E-state index in [1.54, 1.807) is 0 Å². The number of phenols is 1. The normalized spacial score (nSPS) is 21.2. The van der Waals surface area contributed by atoms with Gasteiger partial charge in [-0.2, -0.15) is 0 Å². The van der Waals surface area contributed by atoms with Crippen molar-refractivity contribution in [3.8, 4) is 5.75 Å². The molecule has 100 valence electrons. The van der Waals surface area contributed by atoms with Crippen LogP contribution in [0.2, 0.25) is 0 Å². The number of ether oxygens (including phenoxy) is 1. The van der Waals surface area contributed by atoms with E-state index in [1.165, 1.54) is 0 Å². The summed E-state index contributed by atoms with van der Waals surface area (Å²) in [4.78, 5) is 2.39. The number of aromatic hydroxyl groups is 1. The quantitative estimate of drug-likeness (QED) is 0.931. The fourth-order valence-corrected chi connectivity index (χ4v) is 3.04. The van der Waals surface area contributed by atoms with Crippen LogP contribution >= 0.6 is 15.9 Å². The zero-order valence-electron chi connectivity index (χ0n) is 10.9. The molecule has 1 aromatic carbocycles. The van der Waals surface area contributed by atoms with E-state index in [9.17, 15) is 5.11 Å². The molecule has 1 aromatic rings. The molecule has 1 unspecified atom stereocenters. The molecular formula is C14H20BrNO2. The van der Waals surface area contributed by atoms with Crippen molar-refractivity contribution in [2.75, 3.05) is 19.8 Å². The predicted molar refractivity (Wildman–Crippen MR) is 75.9 cm³/mol. The molecular weight excluding hydrogens is 294 g/mol. The number of halogens is 1. The van der Waals surface area contributed by atoms with Crippen LogP contribution in [-0.2, 0) is 11.3 Å². The van der Waals surface area contributed by atoms with Crippen LogP contribution in [0.25, 0.3) is 0 Å². The predicted octanol–water partition coefficient (Wildman–Crippen LogP) is 3.07. The molecule has 1 atom stereocenters. The Kier molecular flexibility index (Phi) is 4.65. The molecule has 0 bridgehead atoms. The number of aryl methyl sites for hydroxylation is 1. The highest BCUT2D eigenvalue weighted by Gasteiger charge is 2.22. The van der Waals surface area contributed by atoms with Crippen LogP contribution in [0.1, 0.15) is 24.5 Å². The summed E-state index contributed by atoms with van der Waals surface area (Å²) >= 11 is 3.49. The van der Waals surface area contributed by atoms with Gasteiger partial charge < -0.3 is 9.84 Å². The third kappa shape index (κ3) is 3.05. The number of phenolic OH excluding ortho intramolecular Hbond substituents is 1. The standard InChI is InChI=1S/C14H20BrNO2/c1-3-13-9-18-5-4-16(13)8-11-7-12(15)6-10(2)14(11)17/h6-7,13,17H,3-5,8-9H2,1-2H3. The highest BCUT2D eigenvalue weighted by atomic mass is 79.9. The molecule has 1 aliphatic rings. The third-order valence-corrected chi connectivity index (χ3v) is 4.00. The monoisotopic (exact) mass is 313 g/mol. The van der Waals surface area contributed by atoms with Gasteiger partial charge in [0, 0.05) is 29.2 Å². The van der Waals surface area contributed by atoms with Gasteiger partial charge in [0.2, 0.25) is 0 Å². The number of morpholine rings is 1. The average Bonchev–Trinajstić information content (AvgIpc) is 2.36. The minimum Gasteiger partial charge on any atom is -0.507 e. The maximum atomic E-state index is 10.1. The van der Waals surface area contributed by atoms with E-state index in [4.69, 9.17) is 4.74 Å². The second kappa shape index (κ2) is 6.04. The first-order chi connectivity index (χ1) is 8.61. The van der Waals surface area contributed by atoms with Gasteiger partial charge in [-0.15, -0.1) is 0 Å². The van der Waals surface area contributed by atoms with Crippen molar-refractivity contribution in [3.63, 3.8) is 0 Å². The summed E-state index contributed by atoms with van der Waals surface area (Å²) in [5.41, 5.74) is 1.91. The summed E-state index contributed by atoms with van der Waals surface area (Å²) in [5, 5.41) is 10.1. The van der Waals surface area contributed by atoms with Crippen molar-refractivity contribution in [2.24, 2.45) is 0 Å². The molecule has 0 aliphatic carbocycles. The number of rotatable bonds is 3. The van der Waals surface area contributed by atoms with Crippen molar-refractivity contribution < 1.29 is 9.84 Å². The second-order valence-corrected chi connectivity index (χ2v) is 5.75. The molecule has 0 saturated carbocycles. The van der Waals surface area contributed by atoms with E-state index in [0.29, 0.717) is 11.8 Å². The number of nitrogens with zero attached hydrogens (tertiary/aromatic N) is 1. The molecule has 0 radical (unpaired) electrons. The summed E-state index contributed by atoms with van der Waals surface area (Å²) in [6.45, 7) is 7.41. The van der Waals surface area contributed by atoms with Crippen molar-refractivity contribution in [1.82, 2.24) is 4.90 Å². The zero-order chi connectivity index (χ0) is 13.1. The van der Waals surface area contributed by atoms with E-state index >= 15 is 0 Å². The van der Waals surface area contributed by atoms with Crippen molar-refractivity contribution in [2.45, 2.75) is 32.9 Å². The maximum Gasteiger partial charge on any atom is 0.123 e. The Labute approximate surface area is 117 Å². The van der Waals surface area contributed by atoms with Crippen LogP contribution in [0.3, 0.4) is 0 Å². The minimum atomic E-state index is 0.416. The first-order valence-corrected chi connectivity index (χ1v) is 7.21. The van der Waals surface area contributed by atoms with Gasteiger partial charge in [-0.25, -0.2) is 0 Å². The minimum absolute atomic E-state index is 0.416. The van der Waals surface area contributed by atoms with Crippen LogP contribution in [0.5, 0.6) is 5.75 Å². The molecule has 0 spiro atoms. The SMILES string of the molecule is CCC1COCCN1Cc1cc(Br)cc(C)c1O. The third-order valence-electron chi connectivity index (χ3n) is 3.54. The maximum absolute atomic E-state index is 10.1. The van der Waals surface area contributed by atoms with Gasteiger partial charge in [-0.1, -0.05) is 22.9 Å². The Balaban J connectivity index is 2.17. The fourth-order valence-electron chi connectivity index (χ4n) is 2.42. The first-order valence-electron chi connectivity index (χ1n) is 6.41. The molecule has 2 rings (SSSR count). The van der Waals surface area contributed by atoms with Crippen LogP contribution < -0.4 is 0 Å². The highest BCUT2D eigenvalue weighted by Crippen LogP contribution is 2.28. The van der Waals surface area contributed by atoms with Crippen LogP contribution in [0.15, 0.2) is 16.6 Å². The van der Waals surface area contributed by atoms with Gasteiger partial charge in [0.15, 0.2) is 0 Å². The average molecular weight is 314 g/mol. The molecule has 1 heterocycles. The molecule has 1 fully saturated rings.